The van der Waals surface area contributed by atoms with Gasteiger partial charge in [-0.2, -0.15) is 5.26 Å². The average Bonchev–Trinajstić information content (AvgIpc) is 2.58. The Morgan fingerprint density at radius 3 is 2.32 bits per heavy atom. The zero-order valence-corrected chi connectivity index (χ0v) is 11.7. The van der Waals surface area contributed by atoms with Gasteiger partial charge in [0.15, 0.2) is 0 Å². The van der Waals surface area contributed by atoms with Crippen molar-refractivity contribution in [3.05, 3.63) is 78.5 Å². The molecule has 0 amide bonds. The Kier molecular flexibility index (Phi) is 3.98. The van der Waals surface area contributed by atoms with Crippen molar-refractivity contribution in [3.63, 3.8) is 0 Å². The van der Waals surface area contributed by atoms with Crippen LogP contribution in [0.2, 0.25) is 0 Å². The fourth-order valence-electron chi connectivity index (χ4n) is 1.96. The van der Waals surface area contributed by atoms with E-state index in [0.717, 1.165) is 11.4 Å². The second-order valence-electron chi connectivity index (χ2n) is 4.59. The molecular formula is C18H13N3O. The number of nitrogens with zero attached hydrogens (tertiary/aromatic N) is 2. The number of hydrogen-bond donors (Lipinski definition) is 1. The zero-order valence-electron chi connectivity index (χ0n) is 11.7. The van der Waals surface area contributed by atoms with Gasteiger partial charge in [-0.15, -0.1) is 0 Å². The number of ether oxygens (including phenoxy) is 1. The molecule has 4 nitrogen and oxygen atoms in total. The maximum absolute atomic E-state index is 9.02. The smallest absolute Gasteiger partial charge is 0.237 e. The molecule has 0 radical (unpaired) electrons. The van der Waals surface area contributed by atoms with Crippen LogP contribution in [0.4, 0.5) is 11.4 Å². The molecule has 0 unspecified atom stereocenters. The lowest BCUT2D eigenvalue weighted by Crippen LogP contribution is -1.92. The molecule has 0 spiro atoms. The lowest BCUT2D eigenvalue weighted by atomic mass is 10.2. The Morgan fingerprint density at radius 1 is 0.864 bits per heavy atom. The van der Waals surface area contributed by atoms with Crippen molar-refractivity contribution in [2.45, 2.75) is 0 Å². The monoisotopic (exact) mass is 287 g/mol. The van der Waals surface area contributed by atoms with Crippen LogP contribution in [0.25, 0.3) is 0 Å². The predicted molar refractivity (Wildman–Crippen MR) is 85.2 cm³/mol. The molecule has 3 aromatic rings. The summed E-state index contributed by atoms with van der Waals surface area (Å²) >= 11 is 0. The van der Waals surface area contributed by atoms with E-state index in [1.165, 1.54) is 0 Å². The van der Waals surface area contributed by atoms with Crippen LogP contribution < -0.4 is 10.1 Å². The number of nitriles is 1. The summed E-state index contributed by atoms with van der Waals surface area (Å²) in [6.07, 6.45) is 1.60. The highest BCUT2D eigenvalue weighted by atomic mass is 16.5. The van der Waals surface area contributed by atoms with E-state index in [9.17, 15) is 0 Å². The number of nitrogens with one attached hydrogen (secondary N) is 1. The summed E-state index contributed by atoms with van der Waals surface area (Å²) in [5.74, 6) is 0.947. The Labute approximate surface area is 128 Å². The van der Waals surface area contributed by atoms with Crippen LogP contribution in [0.3, 0.4) is 0 Å². The van der Waals surface area contributed by atoms with Crippen molar-refractivity contribution in [2.24, 2.45) is 0 Å². The molecule has 1 heterocycles. The quantitative estimate of drug-likeness (QED) is 0.768. The Hall–Kier alpha value is -3.32. The summed E-state index contributed by atoms with van der Waals surface area (Å²) in [4.78, 5) is 4.07. The second-order valence-corrected chi connectivity index (χ2v) is 4.59. The third kappa shape index (κ3) is 3.22. The van der Waals surface area contributed by atoms with E-state index < -0.39 is 0 Å². The van der Waals surface area contributed by atoms with E-state index >= 15 is 0 Å². The summed E-state index contributed by atoms with van der Waals surface area (Å²) in [5, 5.41) is 12.3. The highest BCUT2D eigenvalue weighted by molar-refractivity contribution is 5.60. The van der Waals surface area contributed by atoms with Crippen LogP contribution in [-0.2, 0) is 0 Å². The number of anilines is 2. The molecule has 0 atom stereocenters. The van der Waals surface area contributed by atoms with Gasteiger partial charge >= 0.3 is 0 Å². The molecule has 4 heteroatoms. The third-order valence-electron chi connectivity index (χ3n) is 3.02. The maximum Gasteiger partial charge on any atom is 0.237 e. The summed E-state index contributed by atoms with van der Waals surface area (Å²) < 4.78 is 5.64. The highest BCUT2D eigenvalue weighted by Crippen LogP contribution is 2.25. The van der Waals surface area contributed by atoms with Gasteiger partial charge in [-0.1, -0.05) is 18.2 Å². The van der Waals surface area contributed by atoms with Gasteiger partial charge in [-0.25, -0.2) is 4.98 Å². The van der Waals surface area contributed by atoms with Gasteiger partial charge in [-0.05, 0) is 48.5 Å². The van der Waals surface area contributed by atoms with E-state index in [1.807, 2.05) is 54.6 Å². The minimum Gasteiger partial charge on any atom is -0.438 e. The molecule has 3 rings (SSSR count). The number of rotatable bonds is 4. The lowest BCUT2D eigenvalue weighted by molar-refractivity contribution is 0.461. The molecule has 22 heavy (non-hydrogen) atoms. The van der Waals surface area contributed by atoms with Gasteiger partial charge in [0, 0.05) is 17.6 Å². The van der Waals surface area contributed by atoms with Gasteiger partial charge in [-0.3, -0.25) is 0 Å². The van der Waals surface area contributed by atoms with Crippen LogP contribution in [0.5, 0.6) is 11.6 Å². The molecule has 0 aliphatic carbocycles. The fourth-order valence-corrected chi connectivity index (χ4v) is 1.96. The molecular weight excluding hydrogens is 274 g/mol. The Morgan fingerprint density at radius 2 is 1.59 bits per heavy atom. The third-order valence-corrected chi connectivity index (χ3v) is 3.02. The van der Waals surface area contributed by atoms with E-state index in [0.29, 0.717) is 17.2 Å². The minimum absolute atomic E-state index is 0.314. The van der Waals surface area contributed by atoms with Crippen LogP contribution in [0, 0.1) is 11.3 Å². The first-order valence-corrected chi connectivity index (χ1v) is 6.80. The number of pyridine rings is 1. The summed E-state index contributed by atoms with van der Waals surface area (Å²) in [7, 11) is 0. The van der Waals surface area contributed by atoms with Crippen molar-refractivity contribution in [2.75, 3.05) is 5.32 Å². The predicted octanol–water partition coefficient (Wildman–Crippen LogP) is 4.49. The summed E-state index contributed by atoms with van der Waals surface area (Å²) in [6, 6.07) is 22.9. The highest BCUT2D eigenvalue weighted by Gasteiger charge is 2.05. The molecule has 1 aromatic heterocycles. The molecule has 0 aliphatic heterocycles. The van der Waals surface area contributed by atoms with Crippen molar-refractivity contribution in [1.29, 1.82) is 5.26 Å². The first kappa shape index (κ1) is 13.7. The van der Waals surface area contributed by atoms with Gasteiger partial charge < -0.3 is 10.1 Å². The minimum atomic E-state index is 0.314. The number of aromatic nitrogens is 1. The Bertz CT molecular complexity index is 793. The van der Waals surface area contributed by atoms with E-state index in [4.69, 9.17) is 10.00 Å². The van der Waals surface area contributed by atoms with Crippen molar-refractivity contribution in [1.82, 2.24) is 4.98 Å². The number of para-hydroxylation sites is 1. The van der Waals surface area contributed by atoms with E-state index in [-0.39, 0.29) is 0 Å². The van der Waals surface area contributed by atoms with Crippen LogP contribution >= 0.6 is 0 Å². The Balaban J connectivity index is 1.73. The molecule has 0 bridgehead atoms. The van der Waals surface area contributed by atoms with E-state index in [2.05, 4.69) is 16.4 Å². The van der Waals surface area contributed by atoms with Crippen LogP contribution in [0.1, 0.15) is 5.56 Å². The first-order chi connectivity index (χ1) is 10.8. The van der Waals surface area contributed by atoms with Crippen molar-refractivity contribution < 1.29 is 4.74 Å². The molecule has 2 aromatic carbocycles. The van der Waals surface area contributed by atoms with Crippen molar-refractivity contribution in [3.8, 4) is 17.7 Å². The zero-order chi connectivity index (χ0) is 15.2. The second kappa shape index (κ2) is 6.42. The number of hydrogen-bond acceptors (Lipinski definition) is 4. The normalized spacial score (nSPS) is 9.77. The molecule has 106 valence electrons. The summed E-state index contributed by atoms with van der Waals surface area (Å²) in [6.45, 7) is 0. The average molecular weight is 287 g/mol. The molecule has 0 saturated heterocycles. The maximum atomic E-state index is 9.02. The first-order valence-electron chi connectivity index (χ1n) is 6.80. The molecule has 0 saturated carbocycles. The standard InChI is InChI=1S/C18H13N3O/c19-13-14-5-4-12-20-18(14)22-17-10-8-16(9-11-17)21-15-6-2-1-3-7-15/h1-12,21H. The van der Waals surface area contributed by atoms with Gasteiger partial charge in [0.2, 0.25) is 5.88 Å². The summed E-state index contributed by atoms with van der Waals surface area (Å²) in [5.41, 5.74) is 2.39. The lowest BCUT2D eigenvalue weighted by Gasteiger charge is -2.08. The molecule has 1 N–H and O–H groups in total. The van der Waals surface area contributed by atoms with Gasteiger partial charge in [0.1, 0.15) is 17.4 Å². The van der Waals surface area contributed by atoms with Gasteiger partial charge in [0.05, 0.1) is 0 Å². The van der Waals surface area contributed by atoms with Crippen molar-refractivity contribution >= 4 is 11.4 Å². The fraction of sp³-hybridized carbons (Fsp3) is 0. The van der Waals surface area contributed by atoms with Crippen LogP contribution in [0.15, 0.2) is 72.9 Å². The number of benzene rings is 2. The van der Waals surface area contributed by atoms with E-state index in [1.54, 1.807) is 18.3 Å². The van der Waals surface area contributed by atoms with Crippen LogP contribution in [-0.4, -0.2) is 4.98 Å². The molecule has 0 aliphatic rings. The molecule has 0 fully saturated rings. The topological polar surface area (TPSA) is 57.9 Å². The SMILES string of the molecule is N#Cc1cccnc1Oc1ccc(Nc2ccccc2)cc1. The largest absolute Gasteiger partial charge is 0.438 e. The van der Waals surface area contributed by atoms with Gasteiger partial charge in [0.25, 0.3) is 0 Å².